The molecule has 0 radical (unpaired) electrons. The van der Waals surface area contributed by atoms with Crippen molar-refractivity contribution in [3.8, 4) is 0 Å². The third-order valence-corrected chi connectivity index (χ3v) is 6.12. The zero-order valence-electron chi connectivity index (χ0n) is 16.3. The standard InChI is InChI=1S/C23H28ClN3O/c24-20-10-8-18(9-11-20)15-21-6-3-7-22(25-21)19-5-4-12-26(16-19)17-23(28)27-13-1-2-14-27/h3,6-11,19H,1-2,4-5,12-17H2. The van der Waals surface area contributed by atoms with Gasteiger partial charge >= 0.3 is 0 Å². The van der Waals surface area contributed by atoms with Gasteiger partial charge in [0.15, 0.2) is 0 Å². The summed E-state index contributed by atoms with van der Waals surface area (Å²) >= 11 is 5.99. The van der Waals surface area contributed by atoms with Crippen LogP contribution in [0.2, 0.25) is 5.02 Å². The van der Waals surface area contributed by atoms with E-state index in [-0.39, 0.29) is 0 Å². The Balaban J connectivity index is 1.39. The fraction of sp³-hybridized carbons (Fsp3) is 0.478. The van der Waals surface area contributed by atoms with Crippen molar-refractivity contribution in [3.63, 3.8) is 0 Å². The van der Waals surface area contributed by atoms with Crippen LogP contribution >= 0.6 is 11.6 Å². The van der Waals surface area contributed by atoms with E-state index in [1.807, 2.05) is 17.0 Å². The molecule has 2 fully saturated rings. The fourth-order valence-electron chi connectivity index (χ4n) is 4.33. The summed E-state index contributed by atoms with van der Waals surface area (Å²) in [4.78, 5) is 21.8. The van der Waals surface area contributed by atoms with E-state index < -0.39 is 0 Å². The van der Waals surface area contributed by atoms with E-state index in [2.05, 4.69) is 35.2 Å². The molecule has 0 saturated carbocycles. The number of benzene rings is 1. The van der Waals surface area contributed by atoms with Crippen LogP contribution in [0.15, 0.2) is 42.5 Å². The topological polar surface area (TPSA) is 36.4 Å². The van der Waals surface area contributed by atoms with Gasteiger partial charge in [-0.1, -0.05) is 29.8 Å². The normalized spacial score (nSPS) is 20.5. The molecular weight excluding hydrogens is 370 g/mol. The van der Waals surface area contributed by atoms with Crippen LogP contribution in [0, 0.1) is 0 Å². The van der Waals surface area contributed by atoms with Gasteiger partial charge in [0.2, 0.25) is 5.91 Å². The first-order chi connectivity index (χ1) is 13.7. The Morgan fingerprint density at radius 3 is 2.61 bits per heavy atom. The average molecular weight is 398 g/mol. The summed E-state index contributed by atoms with van der Waals surface area (Å²) in [6.07, 6.45) is 5.39. The molecule has 28 heavy (non-hydrogen) atoms. The number of hydrogen-bond donors (Lipinski definition) is 0. The Bertz CT molecular complexity index is 802. The number of piperidine rings is 1. The van der Waals surface area contributed by atoms with Crippen LogP contribution in [0.4, 0.5) is 0 Å². The van der Waals surface area contributed by atoms with Crippen LogP contribution in [0.3, 0.4) is 0 Å². The van der Waals surface area contributed by atoms with Gasteiger partial charge in [0.25, 0.3) is 0 Å². The van der Waals surface area contributed by atoms with Gasteiger partial charge in [-0.3, -0.25) is 14.7 Å². The molecule has 1 atom stereocenters. The van der Waals surface area contributed by atoms with E-state index in [0.29, 0.717) is 18.4 Å². The molecule has 4 nitrogen and oxygen atoms in total. The molecule has 2 saturated heterocycles. The molecule has 1 amide bonds. The van der Waals surface area contributed by atoms with Crippen LogP contribution in [-0.2, 0) is 11.2 Å². The summed E-state index contributed by atoms with van der Waals surface area (Å²) in [7, 11) is 0. The van der Waals surface area contributed by atoms with Crippen molar-refractivity contribution in [1.29, 1.82) is 0 Å². The first-order valence-electron chi connectivity index (χ1n) is 10.4. The second kappa shape index (κ2) is 9.06. The maximum absolute atomic E-state index is 12.5. The Kier molecular flexibility index (Phi) is 6.28. The highest BCUT2D eigenvalue weighted by Crippen LogP contribution is 2.26. The molecule has 2 aliphatic rings. The van der Waals surface area contributed by atoms with Crippen molar-refractivity contribution in [2.75, 3.05) is 32.7 Å². The number of amides is 1. The molecule has 4 rings (SSSR count). The van der Waals surface area contributed by atoms with E-state index >= 15 is 0 Å². The molecule has 3 heterocycles. The number of carbonyl (C=O) groups excluding carboxylic acids is 1. The summed E-state index contributed by atoms with van der Waals surface area (Å²) in [6.45, 7) is 4.37. The zero-order valence-corrected chi connectivity index (χ0v) is 17.1. The zero-order chi connectivity index (χ0) is 19.3. The lowest BCUT2D eigenvalue weighted by Crippen LogP contribution is -2.43. The molecule has 1 aromatic carbocycles. The van der Waals surface area contributed by atoms with Crippen molar-refractivity contribution in [2.24, 2.45) is 0 Å². The minimum Gasteiger partial charge on any atom is -0.342 e. The quantitative estimate of drug-likeness (QED) is 0.761. The van der Waals surface area contributed by atoms with Crippen LogP contribution in [0.1, 0.15) is 48.6 Å². The van der Waals surface area contributed by atoms with Gasteiger partial charge in [-0.2, -0.15) is 0 Å². The molecule has 0 aliphatic carbocycles. The van der Waals surface area contributed by atoms with Gasteiger partial charge < -0.3 is 4.90 Å². The van der Waals surface area contributed by atoms with Crippen molar-refractivity contribution < 1.29 is 4.79 Å². The highest BCUT2D eigenvalue weighted by molar-refractivity contribution is 6.30. The smallest absolute Gasteiger partial charge is 0.236 e. The Morgan fingerprint density at radius 1 is 1.04 bits per heavy atom. The van der Waals surface area contributed by atoms with Crippen LogP contribution < -0.4 is 0 Å². The minimum absolute atomic E-state index is 0.294. The van der Waals surface area contributed by atoms with Gasteiger partial charge in [0.05, 0.1) is 6.54 Å². The predicted octanol–water partition coefficient (Wildman–Crippen LogP) is 4.13. The van der Waals surface area contributed by atoms with E-state index in [0.717, 1.165) is 74.7 Å². The van der Waals surface area contributed by atoms with Gasteiger partial charge in [-0.15, -0.1) is 0 Å². The summed E-state index contributed by atoms with van der Waals surface area (Å²) in [5.74, 6) is 0.702. The molecule has 1 aromatic heterocycles. The molecule has 2 aromatic rings. The molecule has 148 valence electrons. The Hall–Kier alpha value is -1.91. The molecule has 0 bridgehead atoms. The SMILES string of the molecule is O=C(CN1CCCC(c2cccc(Cc3ccc(Cl)cc3)n2)C1)N1CCCC1. The van der Waals surface area contributed by atoms with E-state index in [9.17, 15) is 4.79 Å². The minimum atomic E-state index is 0.294. The molecule has 5 heteroatoms. The Labute approximate surface area is 172 Å². The number of aromatic nitrogens is 1. The van der Waals surface area contributed by atoms with Crippen molar-refractivity contribution in [1.82, 2.24) is 14.8 Å². The maximum atomic E-state index is 12.5. The summed E-state index contributed by atoms with van der Waals surface area (Å²) in [6, 6.07) is 14.3. The monoisotopic (exact) mass is 397 g/mol. The first kappa shape index (κ1) is 19.4. The number of rotatable bonds is 5. The lowest BCUT2D eigenvalue weighted by Gasteiger charge is -2.33. The van der Waals surface area contributed by atoms with Gasteiger partial charge in [-0.25, -0.2) is 0 Å². The number of hydrogen-bond acceptors (Lipinski definition) is 3. The Morgan fingerprint density at radius 2 is 1.82 bits per heavy atom. The molecule has 0 spiro atoms. The van der Waals surface area contributed by atoms with Crippen molar-refractivity contribution >= 4 is 17.5 Å². The molecule has 2 aliphatic heterocycles. The number of nitrogens with zero attached hydrogens (tertiary/aromatic N) is 3. The molecule has 1 unspecified atom stereocenters. The summed E-state index contributed by atoms with van der Waals surface area (Å²) < 4.78 is 0. The van der Waals surface area contributed by atoms with Gasteiger partial charge in [0.1, 0.15) is 0 Å². The summed E-state index contributed by atoms with van der Waals surface area (Å²) in [5.41, 5.74) is 3.46. The lowest BCUT2D eigenvalue weighted by atomic mass is 9.94. The number of halogens is 1. The number of carbonyl (C=O) groups is 1. The van der Waals surface area contributed by atoms with Crippen molar-refractivity contribution in [2.45, 2.75) is 38.0 Å². The third kappa shape index (κ3) is 4.92. The van der Waals surface area contributed by atoms with Crippen LogP contribution in [-0.4, -0.2) is 53.4 Å². The van der Waals surface area contributed by atoms with Gasteiger partial charge in [-0.05, 0) is 62.1 Å². The second-order valence-electron chi connectivity index (χ2n) is 8.02. The van der Waals surface area contributed by atoms with E-state index in [4.69, 9.17) is 16.6 Å². The highest BCUT2D eigenvalue weighted by atomic mass is 35.5. The highest BCUT2D eigenvalue weighted by Gasteiger charge is 2.26. The average Bonchev–Trinajstić information content (AvgIpc) is 3.25. The van der Waals surface area contributed by atoms with Crippen molar-refractivity contribution in [3.05, 3.63) is 64.4 Å². The van der Waals surface area contributed by atoms with E-state index in [1.54, 1.807) is 0 Å². The summed E-state index contributed by atoms with van der Waals surface area (Å²) in [5, 5.41) is 0.760. The number of pyridine rings is 1. The second-order valence-corrected chi connectivity index (χ2v) is 8.46. The fourth-order valence-corrected chi connectivity index (χ4v) is 4.46. The van der Waals surface area contributed by atoms with E-state index in [1.165, 1.54) is 5.56 Å². The lowest BCUT2D eigenvalue weighted by molar-refractivity contribution is -0.131. The molecule has 0 N–H and O–H groups in total. The van der Waals surface area contributed by atoms with Crippen LogP contribution in [0.5, 0.6) is 0 Å². The van der Waals surface area contributed by atoms with Gasteiger partial charge in [0, 0.05) is 48.4 Å². The number of likely N-dealkylation sites (tertiary alicyclic amines) is 2. The largest absolute Gasteiger partial charge is 0.342 e. The molecular formula is C23H28ClN3O. The third-order valence-electron chi connectivity index (χ3n) is 5.87. The van der Waals surface area contributed by atoms with Crippen LogP contribution in [0.25, 0.3) is 0 Å². The maximum Gasteiger partial charge on any atom is 0.236 e. The first-order valence-corrected chi connectivity index (χ1v) is 10.8. The predicted molar refractivity (Wildman–Crippen MR) is 113 cm³/mol.